The molecule has 0 aliphatic rings. The van der Waals surface area contributed by atoms with Crippen molar-refractivity contribution >= 4 is 35.1 Å². The molecule has 0 spiro atoms. The Balaban J connectivity index is 1.80. The molecular formula is C24H27BrOSi. The Bertz CT molecular complexity index is 823. The lowest BCUT2D eigenvalue weighted by molar-refractivity contribution is 0.101. The van der Waals surface area contributed by atoms with Crippen molar-refractivity contribution in [3.05, 3.63) is 94.5 Å². The van der Waals surface area contributed by atoms with Crippen molar-refractivity contribution in [2.24, 2.45) is 0 Å². The van der Waals surface area contributed by atoms with E-state index < -0.39 is 8.80 Å². The van der Waals surface area contributed by atoms with Gasteiger partial charge in [0.1, 0.15) is 8.80 Å². The van der Waals surface area contributed by atoms with Crippen molar-refractivity contribution in [3.8, 4) is 0 Å². The van der Waals surface area contributed by atoms with E-state index in [1.54, 1.807) is 0 Å². The number of benzene rings is 3. The van der Waals surface area contributed by atoms with Crippen molar-refractivity contribution in [1.82, 2.24) is 0 Å². The highest BCUT2D eigenvalue weighted by molar-refractivity contribution is 9.10. The van der Waals surface area contributed by atoms with Gasteiger partial charge in [0.15, 0.2) is 0 Å². The molecule has 27 heavy (non-hydrogen) atoms. The number of halogens is 1. The summed E-state index contributed by atoms with van der Waals surface area (Å²) in [6, 6.07) is 28.3. The predicted molar refractivity (Wildman–Crippen MR) is 122 cm³/mol. The smallest absolute Gasteiger partial charge is 0.110 e. The van der Waals surface area contributed by atoms with Crippen molar-refractivity contribution in [1.29, 1.82) is 0 Å². The number of hydrogen-bond acceptors (Lipinski definition) is 1. The Morgan fingerprint density at radius 2 is 1.41 bits per heavy atom. The molecular weight excluding hydrogens is 412 g/mol. The number of aryl methyl sites for hydroxylation is 1. The maximum Gasteiger partial charge on any atom is 0.110 e. The third-order valence-electron chi connectivity index (χ3n) is 5.09. The molecule has 0 aliphatic carbocycles. The molecule has 0 heterocycles. The molecule has 0 radical (unpaired) electrons. The van der Waals surface area contributed by atoms with E-state index in [0.29, 0.717) is 6.61 Å². The summed E-state index contributed by atoms with van der Waals surface area (Å²) in [5.41, 5.74) is 2.52. The van der Waals surface area contributed by atoms with E-state index in [4.69, 9.17) is 4.74 Å². The van der Waals surface area contributed by atoms with Crippen molar-refractivity contribution in [2.45, 2.75) is 32.4 Å². The van der Waals surface area contributed by atoms with Crippen LogP contribution in [0.15, 0.2) is 83.3 Å². The topological polar surface area (TPSA) is 9.23 Å². The fourth-order valence-corrected chi connectivity index (χ4v) is 7.79. The SMILES string of the molecule is Cc1ccc(Br)cc1COCC(C)(C)[SiH](c1ccccc1)c1ccccc1. The highest BCUT2D eigenvalue weighted by Gasteiger charge is 2.34. The van der Waals surface area contributed by atoms with Crippen LogP contribution in [0.5, 0.6) is 0 Å². The Labute approximate surface area is 173 Å². The summed E-state index contributed by atoms with van der Waals surface area (Å²) >= 11 is 3.56. The van der Waals surface area contributed by atoms with E-state index in [1.807, 2.05) is 0 Å². The summed E-state index contributed by atoms with van der Waals surface area (Å²) in [7, 11) is -1.44. The Hall–Kier alpha value is -1.68. The van der Waals surface area contributed by atoms with E-state index in [-0.39, 0.29) is 5.04 Å². The first-order valence-electron chi connectivity index (χ1n) is 9.40. The second-order valence-corrected chi connectivity index (χ2v) is 12.5. The molecule has 0 amide bonds. The van der Waals surface area contributed by atoms with Crippen LogP contribution < -0.4 is 10.4 Å². The second kappa shape index (κ2) is 9.00. The molecule has 0 aromatic heterocycles. The van der Waals surface area contributed by atoms with Gasteiger partial charge in [-0.25, -0.2) is 0 Å². The number of ether oxygens (including phenoxy) is 1. The molecule has 0 atom stereocenters. The standard InChI is InChI=1S/C24H27BrOSi/c1-19-14-15-21(25)16-20(19)17-26-18-24(2,3)27(22-10-6-4-7-11-22)23-12-8-5-9-13-23/h4-16,27H,17-18H2,1-3H3. The van der Waals surface area contributed by atoms with E-state index in [9.17, 15) is 0 Å². The van der Waals surface area contributed by atoms with Crippen molar-refractivity contribution in [3.63, 3.8) is 0 Å². The van der Waals surface area contributed by atoms with Crippen LogP contribution in [0, 0.1) is 6.92 Å². The predicted octanol–water partition coefficient (Wildman–Crippen LogP) is 5.10. The molecule has 0 fully saturated rings. The monoisotopic (exact) mass is 438 g/mol. The molecule has 3 rings (SSSR count). The van der Waals surface area contributed by atoms with E-state index >= 15 is 0 Å². The fraction of sp³-hybridized carbons (Fsp3) is 0.250. The van der Waals surface area contributed by atoms with Crippen LogP contribution in [-0.4, -0.2) is 15.4 Å². The number of hydrogen-bond donors (Lipinski definition) is 0. The molecule has 0 N–H and O–H groups in total. The Morgan fingerprint density at radius 1 is 0.852 bits per heavy atom. The zero-order chi connectivity index (χ0) is 19.3. The maximum atomic E-state index is 6.26. The minimum atomic E-state index is -1.44. The summed E-state index contributed by atoms with van der Waals surface area (Å²) in [6.45, 7) is 8.26. The first-order valence-corrected chi connectivity index (χ1v) is 11.9. The van der Waals surface area contributed by atoms with Gasteiger partial charge in [-0.15, -0.1) is 0 Å². The first-order chi connectivity index (χ1) is 13.0. The van der Waals surface area contributed by atoms with E-state index in [2.05, 4.69) is 116 Å². The lowest BCUT2D eigenvalue weighted by Crippen LogP contribution is -2.51. The summed E-state index contributed by atoms with van der Waals surface area (Å²) < 4.78 is 7.36. The molecule has 3 aromatic rings. The summed E-state index contributed by atoms with van der Waals surface area (Å²) in [5, 5.41) is 3.04. The third-order valence-corrected chi connectivity index (χ3v) is 9.42. The fourth-order valence-electron chi connectivity index (χ4n) is 3.69. The van der Waals surface area contributed by atoms with Gasteiger partial charge >= 0.3 is 0 Å². The van der Waals surface area contributed by atoms with Crippen LogP contribution in [0.4, 0.5) is 0 Å². The number of rotatable bonds is 7. The van der Waals surface area contributed by atoms with Gasteiger partial charge in [0.2, 0.25) is 0 Å². The molecule has 3 aromatic carbocycles. The molecule has 0 bridgehead atoms. The third kappa shape index (κ3) is 5.19. The lowest BCUT2D eigenvalue weighted by Gasteiger charge is -2.34. The average molecular weight is 439 g/mol. The minimum Gasteiger partial charge on any atom is -0.376 e. The molecule has 3 heteroatoms. The van der Waals surface area contributed by atoms with Crippen LogP contribution >= 0.6 is 15.9 Å². The highest BCUT2D eigenvalue weighted by atomic mass is 79.9. The lowest BCUT2D eigenvalue weighted by atomic mass is 10.1. The van der Waals surface area contributed by atoms with Gasteiger partial charge in [0.05, 0.1) is 13.2 Å². The zero-order valence-corrected chi connectivity index (χ0v) is 19.0. The van der Waals surface area contributed by atoms with E-state index in [0.717, 1.165) is 11.1 Å². The summed E-state index contributed by atoms with van der Waals surface area (Å²) in [4.78, 5) is 0. The molecule has 1 nitrogen and oxygen atoms in total. The second-order valence-electron chi connectivity index (χ2n) is 7.81. The molecule has 140 valence electrons. The Kier molecular flexibility index (Phi) is 6.69. The van der Waals surface area contributed by atoms with Gasteiger partial charge in [0.25, 0.3) is 0 Å². The van der Waals surface area contributed by atoms with Gasteiger partial charge in [0, 0.05) is 4.47 Å². The van der Waals surface area contributed by atoms with Crippen LogP contribution in [0.3, 0.4) is 0 Å². The average Bonchev–Trinajstić information content (AvgIpc) is 2.66. The molecule has 0 unspecified atom stereocenters. The van der Waals surface area contributed by atoms with Crippen LogP contribution in [0.25, 0.3) is 0 Å². The molecule has 0 saturated heterocycles. The summed E-state index contributed by atoms with van der Waals surface area (Å²) in [6.07, 6.45) is 0. The summed E-state index contributed by atoms with van der Waals surface area (Å²) in [5.74, 6) is 0. The van der Waals surface area contributed by atoms with Crippen LogP contribution in [0.2, 0.25) is 5.04 Å². The zero-order valence-electron chi connectivity index (χ0n) is 16.3. The van der Waals surface area contributed by atoms with Gasteiger partial charge in [-0.2, -0.15) is 0 Å². The Morgan fingerprint density at radius 3 is 1.96 bits per heavy atom. The van der Waals surface area contributed by atoms with Gasteiger partial charge in [-0.1, -0.05) is 107 Å². The highest BCUT2D eigenvalue weighted by Crippen LogP contribution is 2.29. The largest absolute Gasteiger partial charge is 0.376 e. The van der Waals surface area contributed by atoms with Gasteiger partial charge in [-0.3, -0.25) is 0 Å². The van der Waals surface area contributed by atoms with Crippen molar-refractivity contribution in [2.75, 3.05) is 6.61 Å². The van der Waals surface area contributed by atoms with Crippen molar-refractivity contribution < 1.29 is 4.74 Å². The van der Waals surface area contributed by atoms with Gasteiger partial charge < -0.3 is 4.74 Å². The van der Waals surface area contributed by atoms with Crippen LogP contribution in [0.1, 0.15) is 25.0 Å². The van der Waals surface area contributed by atoms with E-state index in [1.165, 1.54) is 21.5 Å². The van der Waals surface area contributed by atoms with Crippen LogP contribution in [-0.2, 0) is 11.3 Å². The minimum absolute atomic E-state index is 0.0998. The normalized spacial score (nSPS) is 11.7. The molecule has 0 saturated carbocycles. The first kappa shape index (κ1) is 20.1. The quantitative estimate of drug-likeness (QED) is 0.466. The maximum absolute atomic E-state index is 6.26. The molecule has 0 aliphatic heterocycles. The van der Waals surface area contributed by atoms with Gasteiger partial charge in [-0.05, 0) is 35.2 Å².